The second-order valence-electron chi connectivity index (χ2n) is 6.15. The first-order valence-corrected chi connectivity index (χ1v) is 7.94. The largest absolute Gasteiger partial charge is 0.497 e. The van der Waals surface area contributed by atoms with Gasteiger partial charge in [-0.2, -0.15) is 0 Å². The van der Waals surface area contributed by atoms with Crippen molar-refractivity contribution in [1.82, 2.24) is 10.6 Å². The van der Waals surface area contributed by atoms with Gasteiger partial charge in [-0.3, -0.25) is 4.79 Å². The fourth-order valence-electron chi connectivity index (χ4n) is 3.30. The third-order valence-corrected chi connectivity index (χ3v) is 4.68. The molecule has 0 spiro atoms. The zero-order chi connectivity index (χ0) is 14.7. The minimum atomic E-state index is 0.00348. The molecule has 1 amide bonds. The first kappa shape index (κ1) is 14.4. The summed E-state index contributed by atoms with van der Waals surface area (Å²) < 4.78 is 5.28. The molecule has 0 aromatic heterocycles. The van der Waals surface area contributed by atoms with E-state index in [0.717, 1.165) is 44.4 Å². The van der Waals surface area contributed by atoms with E-state index in [-0.39, 0.29) is 11.9 Å². The Hall–Kier alpha value is -1.55. The summed E-state index contributed by atoms with van der Waals surface area (Å²) in [6.45, 7) is 0.827. The smallest absolute Gasteiger partial charge is 0.237 e. The molecule has 4 heteroatoms. The van der Waals surface area contributed by atoms with Crippen LogP contribution in [0.4, 0.5) is 0 Å². The van der Waals surface area contributed by atoms with Gasteiger partial charge in [-0.1, -0.05) is 12.1 Å². The van der Waals surface area contributed by atoms with E-state index in [0.29, 0.717) is 12.0 Å². The van der Waals surface area contributed by atoms with Gasteiger partial charge in [0.15, 0.2) is 0 Å². The molecule has 1 unspecified atom stereocenters. The summed E-state index contributed by atoms with van der Waals surface area (Å²) in [7, 11) is 1.70. The first-order valence-electron chi connectivity index (χ1n) is 7.94. The summed E-state index contributed by atoms with van der Waals surface area (Å²) in [6.07, 6.45) is 5.41. The number of nitrogens with one attached hydrogen (secondary N) is 2. The normalized spacial score (nSPS) is 29.2. The fraction of sp³-hybridized carbons (Fsp3) is 0.588. The molecule has 1 atom stereocenters. The van der Waals surface area contributed by atoms with Crippen molar-refractivity contribution in [2.75, 3.05) is 13.7 Å². The van der Waals surface area contributed by atoms with Gasteiger partial charge in [0.05, 0.1) is 13.2 Å². The Labute approximate surface area is 126 Å². The van der Waals surface area contributed by atoms with Crippen LogP contribution < -0.4 is 15.4 Å². The molecule has 0 bridgehead atoms. The van der Waals surface area contributed by atoms with Crippen LogP contribution in [-0.4, -0.2) is 31.6 Å². The van der Waals surface area contributed by atoms with Crippen molar-refractivity contribution in [3.05, 3.63) is 29.8 Å². The maximum absolute atomic E-state index is 11.9. The van der Waals surface area contributed by atoms with Crippen molar-refractivity contribution < 1.29 is 9.53 Å². The average Bonchev–Trinajstić information content (AvgIpc) is 2.67. The molecule has 4 nitrogen and oxygen atoms in total. The topological polar surface area (TPSA) is 50.4 Å². The van der Waals surface area contributed by atoms with Crippen LogP contribution >= 0.6 is 0 Å². The number of hydrogen-bond donors (Lipinski definition) is 2. The second-order valence-corrected chi connectivity index (χ2v) is 6.15. The van der Waals surface area contributed by atoms with Gasteiger partial charge in [-0.05, 0) is 55.7 Å². The van der Waals surface area contributed by atoms with Gasteiger partial charge in [-0.25, -0.2) is 0 Å². The van der Waals surface area contributed by atoms with Crippen LogP contribution in [-0.2, 0) is 4.79 Å². The molecule has 1 aromatic carbocycles. The predicted octanol–water partition coefficient (Wildman–Crippen LogP) is 2.20. The molecule has 114 valence electrons. The summed E-state index contributed by atoms with van der Waals surface area (Å²) in [5, 5.41) is 6.52. The van der Waals surface area contributed by atoms with Gasteiger partial charge >= 0.3 is 0 Å². The average molecular weight is 288 g/mol. The van der Waals surface area contributed by atoms with Crippen LogP contribution in [0.15, 0.2) is 24.3 Å². The molecule has 1 aromatic rings. The van der Waals surface area contributed by atoms with Crippen molar-refractivity contribution in [2.24, 2.45) is 0 Å². The third kappa shape index (κ3) is 3.38. The first-order chi connectivity index (χ1) is 10.3. The highest BCUT2D eigenvalue weighted by Gasteiger charge is 2.33. The van der Waals surface area contributed by atoms with E-state index in [1.54, 1.807) is 7.11 Å². The van der Waals surface area contributed by atoms with E-state index in [1.165, 1.54) is 5.56 Å². The molecular weight excluding hydrogens is 264 g/mol. The quantitative estimate of drug-likeness (QED) is 0.893. The molecule has 1 heterocycles. The van der Waals surface area contributed by atoms with Crippen molar-refractivity contribution in [3.8, 4) is 5.75 Å². The molecule has 2 fully saturated rings. The van der Waals surface area contributed by atoms with Gasteiger partial charge < -0.3 is 15.4 Å². The van der Waals surface area contributed by atoms with Gasteiger partial charge in [0.1, 0.15) is 5.75 Å². The van der Waals surface area contributed by atoms with Crippen LogP contribution in [0, 0.1) is 0 Å². The summed E-state index contributed by atoms with van der Waals surface area (Å²) in [4.78, 5) is 11.9. The maximum Gasteiger partial charge on any atom is 0.237 e. The molecule has 2 aliphatic rings. The number of rotatable bonds is 4. The second kappa shape index (κ2) is 6.48. The molecule has 3 rings (SSSR count). The van der Waals surface area contributed by atoms with Crippen LogP contribution in [0.25, 0.3) is 0 Å². The molecule has 1 saturated heterocycles. The Morgan fingerprint density at radius 1 is 1.29 bits per heavy atom. The van der Waals surface area contributed by atoms with Gasteiger partial charge in [-0.15, -0.1) is 0 Å². The molecule has 1 aliphatic heterocycles. The van der Waals surface area contributed by atoms with Crippen LogP contribution in [0.2, 0.25) is 0 Å². The molecule has 1 saturated carbocycles. The Kier molecular flexibility index (Phi) is 4.44. The van der Waals surface area contributed by atoms with E-state index in [4.69, 9.17) is 4.74 Å². The van der Waals surface area contributed by atoms with E-state index >= 15 is 0 Å². The highest BCUT2D eigenvalue weighted by molar-refractivity contribution is 5.81. The highest BCUT2D eigenvalue weighted by atomic mass is 16.5. The van der Waals surface area contributed by atoms with Gasteiger partial charge in [0.2, 0.25) is 5.91 Å². The van der Waals surface area contributed by atoms with Crippen LogP contribution in [0.5, 0.6) is 5.75 Å². The zero-order valence-electron chi connectivity index (χ0n) is 12.6. The molecular formula is C17H24N2O2. The Bertz CT molecular complexity index is 497. The number of carbonyl (C=O) groups is 1. The molecule has 0 radical (unpaired) electrons. The number of carbonyl (C=O) groups excluding carboxylic acids is 1. The number of methoxy groups -OCH3 is 1. The van der Waals surface area contributed by atoms with Crippen molar-refractivity contribution >= 4 is 5.91 Å². The minimum absolute atomic E-state index is 0.00348. The number of hydrogen-bond acceptors (Lipinski definition) is 3. The van der Waals surface area contributed by atoms with E-state index < -0.39 is 0 Å². The Balaban J connectivity index is 1.52. The van der Waals surface area contributed by atoms with E-state index in [2.05, 4.69) is 22.8 Å². The summed E-state index contributed by atoms with van der Waals surface area (Å²) in [5.41, 5.74) is 1.35. The zero-order valence-corrected chi connectivity index (χ0v) is 12.6. The van der Waals surface area contributed by atoms with Gasteiger partial charge in [0, 0.05) is 12.6 Å². The van der Waals surface area contributed by atoms with Crippen molar-refractivity contribution in [3.63, 3.8) is 0 Å². The summed E-state index contributed by atoms with van der Waals surface area (Å²) >= 11 is 0. The lowest BCUT2D eigenvalue weighted by atomic mass is 9.75. The standard InChI is InChI=1S/C17H24N2O2/c1-21-15-6-4-5-12(11-15)13-9-14(10-13)19-16-7-2-3-8-18-17(16)20/h4-6,11,13-14,16,19H,2-3,7-10H2,1H3,(H,18,20). The molecule has 21 heavy (non-hydrogen) atoms. The van der Waals surface area contributed by atoms with Crippen LogP contribution in [0.1, 0.15) is 43.6 Å². The highest BCUT2D eigenvalue weighted by Crippen LogP contribution is 2.38. The summed E-state index contributed by atoms with van der Waals surface area (Å²) in [5.74, 6) is 1.69. The van der Waals surface area contributed by atoms with Crippen molar-refractivity contribution in [2.45, 2.75) is 50.1 Å². The maximum atomic E-state index is 11.9. The molecule has 1 aliphatic carbocycles. The lowest BCUT2D eigenvalue weighted by Crippen LogP contribution is -2.51. The Morgan fingerprint density at radius 2 is 2.14 bits per heavy atom. The lowest BCUT2D eigenvalue weighted by molar-refractivity contribution is -0.123. The summed E-state index contributed by atoms with van der Waals surface area (Å²) in [6, 6.07) is 8.79. The lowest BCUT2D eigenvalue weighted by Gasteiger charge is -2.38. The number of benzene rings is 1. The third-order valence-electron chi connectivity index (χ3n) is 4.68. The van der Waals surface area contributed by atoms with E-state index in [1.807, 2.05) is 12.1 Å². The number of ether oxygens (including phenoxy) is 1. The van der Waals surface area contributed by atoms with Gasteiger partial charge in [0.25, 0.3) is 0 Å². The van der Waals surface area contributed by atoms with E-state index in [9.17, 15) is 4.79 Å². The monoisotopic (exact) mass is 288 g/mol. The predicted molar refractivity (Wildman–Crippen MR) is 82.5 cm³/mol. The van der Waals surface area contributed by atoms with Crippen LogP contribution in [0.3, 0.4) is 0 Å². The van der Waals surface area contributed by atoms with Crippen molar-refractivity contribution in [1.29, 1.82) is 0 Å². The SMILES string of the molecule is COc1cccc(C2CC(NC3CCCCNC3=O)C2)c1. The number of amides is 1. The fourth-order valence-corrected chi connectivity index (χ4v) is 3.30. The Morgan fingerprint density at radius 3 is 2.95 bits per heavy atom. The minimum Gasteiger partial charge on any atom is -0.497 e. The molecule has 2 N–H and O–H groups in total.